The van der Waals surface area contributed by atoms with Crippen LogP contribution >= 0.6 is 0 Å². The zero-order valence-electron chi connectivity index (χ0n) is 9.91. The number of ether oxygens (including phenoxy) is 1. The molecule has 5 nitrogen and oxygen atoms in total. The van der Waals surface area contributed by atoms with Crippen molar-refractivity contribution in [3.05, 3.63) is 27.2 Å². The zero-order valence-corrected chi connectivity index (χ0v) is 9.91. The number of H-pyrrole nitrogens is 1. The molecular weight excluding hydrogens is 220 g/mol. The molecule has 0 bridgehead atoms. The van der Waals surface area contributed by atoms with Gasteiger partial charge in [0.05, 0.1) is 6.61 Å². The Bertz CT molecular complexity index is 479. The number of carbonyl (C=O) groups excluding carboxylic acids is 1. The summed E-state index contributed by atoms with van der Waals surface area (Å²) in [5.41, 5.74) is 1.20. The van der Waals surface area contributed by atoms with Crippen LogP contribution < -0.4 is 5.43 Å². The second kappa shape index (κ2) is 5.12. The second-order valence-corrected chi connectivity index (χ2v) is 4.14. The van der Waals surface area contributed by atoms with Crippen molar-refractivity contribution in [2.24, 2.45) is 0 Å². The van der Waals surface area contributed by atoms with E-state index in [1.54, 1.807) is 6.92 Å². The number of rotatable bonds is 2. The van der Waals surface area contributed by atoms with Crippen LogP contribution in [-0.4, -0.2) is 22.8 Å². The maximum atomic E-state index is 12.1. The molecule has 0 unspecified atom stereocenters. The maximum absolute atomic E-state index is 12.1. The predicted octanol–water partition coefficient (Wildman–Crippen LogP) is 1.22. The Kier molecular flexibility index (Phi) is 3.56. The summed E-state index contributed by atoms with van der Waals surface area (Å²) < 4.78 is 4.81. The number of hydrogen-bond acceptors (Lipinski definition) is 4. The van der Waals surface area contributed by atoms with Crippen LogP contribution in [0.2, 0.25) is 0 Å². The van der Waals surface area contributed by atoms with Crippen LogP contribution in [0.25, 0.3) is 0 Å². The van der Waals surface area contributed by atoms with Gasteiger partial charge in [-0.25, -0.2) is 4.79 Å². The molecule has 92 valence electrons. The first-order valence-electron chi connectivity index (χ1n) is 6.01. The third kappa shape index (κ3) is 2.38. The first-order chi connectivity index (χ1) is 8.24. The van der Waals surface area contributed by atoms with E-state index in [4.69, 9.17) is 4.74 Å². The first-order valence-corrected chi connectivity index (χ1v) is 6.01. The van der Waals surface area contributed by atoms with Gasteiger partial charge in [0.15, 0.2) is 0 Å². The monoisotopic (exact) mass is 236 g/mol. The van der Waals surface area contributed by atoms with Crippen molar-refractivity contribution in [3.8, 4) is 0 Å². The van der Waals surface area contributed by atoms with Crippen molar-refractivity contribution in [1.29, 1.82) is 0 Å². The van der Waals surface area contributed by atoms with Crippen molar-refractivity contribution in [2.75, 3.05) is 6.61 Å². The number of hydrogen-bond donors (Lipinski definition) is 1. The standard InChI is InChI=1S/C12H16N2O3/c1-2-17-12(16)10-11(15)8-6-4-3-5-7-9(8)13-14-10/h2-7H2,1H3,(H,13,15). The molecule has 1 aromatic heterocycles. The van der Waals surface area contributed by atoms with Crippen LogP contribution in [0.1, 0.15) is 47.9 Å². The highest BCUT2D eigenvalue weighted by molar-refractivity contribution is 5.87. The summed E-state index contributed by atoms with van der Waals surface area (Å²) in [4.78, 5) is 23.6. The summed E-state index contributed by atoms with van der Waals surface area (Å²) in [6.45, 7) is 1.95. The van der Waals surface area contributed by atoms with E-state index >= 15 is 0 Å². The van der Waals surface area contributed by atoms with Crippen LogP contribution in [0.15, 0.2) is 4.79 Å². The van der Waals surface area contributed by atoms with Gasteiger partial charge in [-0.15, -0.1) is 0 Å². The van der Waals surface area contributed by atoms with Gasteiger partial charge in [-0.3, -0.25) is 9.89 Å². The third-order valence-electron chi connectivity index (χ3n) is 2.98. The van der Waals surface area contributed by atoms with Crippen molar-refractivity contribution in [2.45, 2.75) is 39.0 Å². The predicted molar refractivity (Wildman–Crippen MR) is 62.1 cm³/mol. The second-order valence-electron chi connectivity index (χ2n) is 4.14. The Hall–Kier alpha value is -1.65. The Labute approximate surface area is 99.2 Å². The van der Waals surface area contributed by atoms with E-state index in [-0.39, 0.29) is 17.7 Å². The molecule has 17 heavy (non-hydrogen) atoms. The quantitative estimate of drug-likeness (QED) is 0.619. The molecule has 0 spiro atoms. The molecule has 5 heteroatoms. The lowest BCUT2D eigenvalue weighted by molar-refractivity contribution is 0.0516. The van der Waals surface area contributed by atoms with Crippen LogP contribution in [0, 0.1) is 0 Å². The van der Waals surface area contributed by atoms with Crippen molar-refractivity contribution in [1.82, 2.24) is 10.2 Å². The fourth-order valence-corrected chi connectivity index (χ4v) is 2.11. The molecule has 1 heterocycles. The molecule has 0 saturated heterocycles. The summed E-state index contributed by atoms with van der Waals surface area (Å²) in [5.74, 6) is -0.638. The van der Waals surface area contributed by atoms with E-state index in [1.807, 2.05) is 0 Å². The minimum absolute atomic E-state index is 0.118. The number of aryl methyl sites for hydroxylation is 1. The molecule has 0 aromatic carbocycles. The average Bonchev–Trinajstić information content (AvgIpc) is 2.55. The number of nitrogens with zero attached hydrogens (tertiary/aromatic N) is 1. The third-order valence-corrected chi connectivity index (χ3v) is 2.98. The van der Waals surface area contributed by atoms with Crippen molar-refractivity contribution >= 4 is 5.97 Å². The molecule has 0 atom stereocenters. The van der Waals surface area contributed by atoms with Gasteiger partial charge in [0.2, 0.25) is 11.1 Å². The highest BCUT2D eigenvalue weighted by Crippen LogP contribution is 2.15. The smallest absolute Gasteiger partial charge is 0.362 e. The summed E-state index contributed by atoms with van der Waals surface area (Å²) in [6.07, 6.45) is 4.71. The molecule has 0 aliphatic heterocycles. The van der Waals surface area contributed by atoms with Gasteiger partial charge in [-0.2, -0.15) is 5.10 Å². The largest absolute Gasteiger partial charge is 0.461 e. The van der Waals surface area contributed by atoms with E-state index in [2.05, 4.69) is 10.2 Å². The van der Waals surface area contributed by atoms with Gasteiger partial charge in [-0.05, 0) is 32.6 Å². The molecule has 0 saturated carbocycles. The number of nitrogens with one attached hydrogen (secondary N) is 1. The van der Waals surface area contributed by atoms with Crippen LogP contribution in [0.4, 0.5) is 0 Å². The number of aromatic nitrogens is 2. The van der Waals surface area contributed by atoms with Gasteiger partial charge >= 0.3 is 5.97 Å². The first kappa shape index (κ1) is 11.8. The molecule has 0 amide bonds. The van der Waals surface area contributed by atoms with E-state index in [0.29, 0.717) is 5.56 Å². The lowest BCUT2D eigenvalue weighted by Crippen LogP contribution is -2.25. The van der Waals surface area contributed by atoms with E-state index in [0.717, 1.165) is 37.8 Å². The van der Waals surface area contributed by atoms with Crippen molar-refractivity contribution < 1.29 is 9.53 Å². The summed E-state index contributed by atoms with van der Waals surface area (Å²) >= 11 is 0. The molecule has 0 radical (unpaired) electrons. The Morgan fingerprint density at radius 2 is 2.12 bits per heavy atom. The average molecular weight is 236 g/mol. The van der Waals surface area contributed by atoms with Crippen LogP contribution in [0.3, 0.4) is 0 Å². The van der Waals surface area contributed by atoms with Gasteiger partial charge < -0.3 is 4.74 Å². The van der Waals surface area contributed by atoms with E-state index < -0.39 is 5.97 Å². The normalized spacial score (nSPS) is 14.9. The number of fused-ring (bicyclic) bond motifs is 1. The zero-order chi connectivity index (χ0) is 12.3. The molecule has 2 rings (SSSR count). The fourth-order valence-electron chi connectivity index (χ4n) is 2.11. The summed E-state index contributed by atoms with van der Waals surface area (Å²) in [7, 11) is 0. The topological polar surface area (TPSA) is 72.0 Å². The van der Waals surface area contributed by atoms with Crippen LogP contribution in [0.5, 0.6) is 0 Å². The van der Waals surface area contributed by atoms with Gasteiger partial charge in [0.25, 0.3) is 0 Å². The molecule has 0 fully saturated rings. The number of carbonyl (C=O) groups is 1. The SMILES string of the molecule is CCOC(=O)c1n[nH]c2c(c1=O)CCCCC2. The highest BCUT2D eigenvalue weighted by atomic mass is 16.5. The molecule has 1 aliphatic rings. The van der Waals surface area contributed by atoms with Gasteiger partial charge in [0.1, 0.15) is 0 Å². The van der Waals surface area contributed by atoms with Gasteiger partial charge in [-0.1, -0.05) is 6.42 Å². The minimum Gasteiger partial charge on any atom is -0.461 e. The molecule has 1 aromatic rings. The maximum Gasteiger partial charge on any atom is 0.362 e. The number of aromatic amines is 1. The summed E-state index contributed by atoms with van der Waals surface area (Å²) in [5, 5.41) is 6.67. The highest BCUT2D eigenvalue weighted by Gasteiger charge is 2.20. The molecule has 1 aliphatic carbocycles. The van der Waals surface area contributed by atoms with Crippen molar-refractivity contribution in [3.63, 3.8) is 0 Å². The molecular formula is C12H16N2O3. The Balaban J connectivity index is 2.41. The van der Waals surface area contributed by atoms with Gasteiger partial charge in [0, 0.05) is 11.3 Å². The Morgan fingerprint density at radius 1 is 1.35 bits per heavy atom. The van der Waals surface area contributed by atoms with E-state index in [1.165, 1.54) is 0 Å². The minimum atomic E-state index is -0.638. The molecule has 1 N–H and O–H groups in total. The van der Waals surface area contributed by atoms with E-state index in [9.17, 15) is 9.59 Å². The lowest BCUT2D eigenvalue weighted by atomic mass is 10.1. The fraction of sp³-hybridized carbons (Fsp3) is 0.583. The Morgan fingerprint density at radius 3 is 2.88 bits per heavy atom. The van der Waals surface area contributed by atoms with Crippen LogP contribution in [-0.2, 0) is 17.6 Å². The summed E-state index contributed by atoms with van der Waals surface area (Å²) in [6, 6.07) is 0. The lowest BCUT2D eigenvalue weighted by Gasteiger charge is -2.06. The number of esters is 1.